The first-order valence-corrected chi connectivity index (χ1v) is 8.01. The smallest absolute Gasteiger partial charge is 0.138 e. The van der Waals surface area contributed by atoms with Gasteiger partial charge in [-0.25, -0.2) is 9.97 Å². The summed E-state index contributed by atoms with van der Waals surface area (Å²) in [5.74, 6) is 1.75. The van der Waals surface area contributed by atoms with Crippen LogP contribution in [0.4, 0.5) is 5.82 Å². The lowest BCUT2D eigenvalue weighted by Gasteiger charge is -2.19. The second-order valence-corrected chi connectivity index (χ2v) is 6.84. The highest BCUT2D eigenvalue weighted by Crippen LogP contribution is 2.39. The molecule has 0 bridgehead atoms. The number of thiophene rings is 1. The van der Waals surface area contributed by atoms with E-state index >= 15 is 0 Å². The summed E-state index contributed by atoms with van der Waals surface area (Å²) in [6, 6.07) is 0.246. The number of rotatable bonds is 4. The molecule has 1 aliphatic carbocycles. The van der Waals surface area contributed by atoms with Crippen molar-refractivity contribution in [1.29, 1.82) is 0 Å². The van der Waals surface area contributed by atoms with E-state index < -0.39 is 0 Å². The predicted molar refractivity (Wildman–Crippen MR) is 83.6 cm³/mol. The minimum atomic E-state index is 0.246. The summed E-state index contributed by atoms with van der Waals surface area (Å²) in [7, 11) is 1.72. The molecule has 0 fully saturated rings. The van der Waals surface area contributed by atoms with Crippen molar-refractivity contribution >= 4 is 27.4 Å². The number of nitrogens with zero attached hydrogens (tertiary/aromatic N) is 2. The van der Waals surface area contributed by atoms with E-state index in [0.29, 0.717) is 6.61 Å². The molecule has 0 spiro atoms. The van der Waals surface area contributed by atoms with Gasteiger partial charge in [-0.1, -0.05) is 6.92 Å². The number of hydrogen-bond donors (Lipinski definition) is 1. The summed E-state index contributed by atoms with van der Waals surface area (Å²) in [6.45, 7) is 5.12. The summed E-state index contributed by atoms with van der Waals surface area (Å²) >= 11 is 1.84. The molecule has 0 saturated heterocycles. The van der Waals surface area contributed by atoms with Gasteiger partial charge in [0.2, 0.25) is 0 Å². The van der Waals surface area contributed by atoms with Crippen LogP contribution in [0, 0.1) is 5.92 Å². The van der Waals surface area contributed by atoms with Gasteiger partial charge in [0.25, 0.3) is 0 Å². The van der Waals surface area contributed by atoms with Crippen LogP contribution in [0.15, 0.2) is 6.33 Å². The lowest BCUT2D eigenvalue weighted by Crippen LogP contribution is -2.21. The van der Waals surface area contributed by atoms with Gasteiger partial charge in [-0.3, -0.25) is 0 Å². The molecule has 1 aliphatic rings. The molecular weight excluding hydrogens is 270 g/mol. The molecule has 2 aromatic rings. The fourth-order valence-corrected chi connectivity index (χ4v) is 4.26. The monoisotopic (exact) mass is 291 g/mol. The molecule has 2 heterocycles. The predicted octanol–water partition coefficient (Wildman–Crippen LogP) is 3.26. The van der Waals surface area contributed by atoms with Crippen LogP contribution < -0.4 is 5.32 Å². The fraction of sp³-hybridized carbons (Fsp3) is 0.600. The van der Waals surface area contributed by atoms with E-state index in [1.54, 1.807) is 13.4 Å². The van der Waals surface area contributed by atoms with Crippen molar-refractivity contribution in [3.63, 3.8) is 0 Å². The number of aromatic nitrogens is 2. The van der Waals surface area contributed by atoms with Gasteiger partial charge in [0.05, 0.1) is 12.0 Å². The molecule has 0 aliphatic heterocycles. The van der Waals surface area contributed by atoms with E-state index in [1.807, 2.05) is 11.3 Å². The van der Waals surface area contributed by atoms with Crippen LogP contribution in [0.3, 0.4) is 0 Å². The lowest BCUT2D eigenvalue weighted by atomic mass is 9.89. The largest absolute Gasteiger partial charge is 0.383 e. The molecule has 4 nitrogen and oxygen atoms in total. The second kappa shape index (κ2) is 5.66. The van der Waals surface area contributed by atoms with Crippen molar-refractivity contribution in [3.05, 3.63) is 16.8 Å². The second-order valence-electron chi connectivity index (χ2n) is 5.75. The quantitative estimate of drug-likeness (QED) is 0.939. The molecule has 0 unspecified atom stereocenters. The van der Waals surface area contributed by atoms with Gasteiger partial charge >= 0.3 is 0 Å². The minimum absolute atomic E-state index is 0.246. The maximum Gasteiger partial charge on any atom is 0.138 e. The van der Waals surface area contributed by atoms with E-state index in [4.69, 9.17) is 4.74 Å². The summed E-state index contributed by atoms with van der Waals surface area (Å²) in [5, 5.41) is 4.70. The van der Waals surface area contributed by atoms with Crippen LogP contribution in [0.5, 0.6) is 0 Å². The van der Waals surface area contributed by atoms with E-state index in [2.05, 4.69) is 29.1 Å². The van der Waals surface area contributed by atoms with Gasteiger partial charge in [0.15, 0.2) is 0 Å². The zero-order valence-corrected chi connectivity index (χ0v) is 13.1. The van der Waals surface area contributed by atoms with E-state index in [0.717, 1.165) is 23.0 Å². The van der Waals surface area contributed by atoms with Gasteiger partial charge in [0, 0.05) is 18.0 Å². The molecule has 0 aromatic carbocycles. The van der Waals surface area contributed by atoms with Gasteiger partial charge in [-0.05, 0) is 37.7 Å². The highest BCUT2D eigenvalue weighted by atomic mass is 32.1. The number of methoxy groups -OCH3 is 1. The Morgan fingerprint density at radius 1 is 1.50 bits per heavy atom. The molecule has 108 valence electrons. The fourth-order valence-electron chi connectivity index (χ4n) is 2.91. The molecule has 2 aromatic heterocycles. The Bertz CT molecular complexity index is 610. The Labute approximate surface area is 123 Å². The molecular formula is C15H21N3OS. The minimum Gasteiger partial charge on any atom is -0.383 e. The number of hydrogen-bond acceptors (Lipinski definition) is 5. The zero-order chi connectivity index (χ0) is 14.1. The zero-order valence-electron chi connectivity index (χ0n) is 12.3. The maximum atomic E-state index is 5.19. The Balaban J connectivity index is 2.00. The van der Waals surface area contributed by atoms with Crippen molar-refractivity contribution in [2.45, 2.75) is 39.2 Å². The number of aryl methyl sites for hydroxylation is 1. The Hall–Kier alpha value is -1.20. The Morgan fingerprint density at radius 2 is 2.35 bits per heavy atom. The third kappa shape index (κ3) is 2.52. The Kier molecular flexibility index (Phi) is 3.89. The molecule has 2 atom stereocenters. The number of anilines is 1. The summed E-state index contributed by atoms with van der Waals surface area (Å²) in [4.78, 5) is 11.5. The van der Waals surface area contributed by atoms with Gasteiger partial charge in [0.1, 0.15) is 17.0 Å². The van der Waals surface area contributed by atoms with E-state index in [1.165, 1.54) is 28.7 Å². The molecule has 0 saturated carbocycles. The van der Waals surface area contributed by atoms with Crippen molar-refractivity contribution in [1.82, 2.24) is 9.97 Å². The van der Waals surface area contributed by atoms with E-state index in [9.17, 15) is 0 Å². The topological polar surface area (TPSA) is 47.0 Å². The van der Waals surface area contributed by atoms with Crippen molar-refractivity contribution in [2.24, 2.45) is 5.92 Å². The lowest BCUT2D eigenvalue weighted by molar-refractivity contribution is 0.190. The van der Waals surface area contributed by atoms with Crippen LogP contribution in [0.1, 0.15) is 30.7 Å². The summed E-state index contributed by atoms with van der Waals surface area (Å²) in [6.07, 6.45) is 5.26. The molecule has 1 N–H and O–H groups in total. The standard InChI is InChI=1S/C15H21N3OS/c1-9-4-5-11-12(6-9)20-15-13(11)14(16-8-17-15)18-10(2)7-19-3/h8-10H,4-7H2,1-3H3,(H,16,17,18)/t9-,10-/m1/s1. The third-order valence-corrected chi connectivity index (χ3v) is 5.05. The van der Waals surface area contributed by atoms with Crippen LogP contribution in [0.2, 0.25) is 0 Å². The van der Waals surface area contributed by atoms with Gasteiger partial charge in [-0.15, -0.1) is 11.3 Å². The van der Waals surface area contributed by atoms with Crippen LogP contribution in [0.25, 0.3) is 10.2 Å². The average molecular weight is 291 g/mol. The van der Waals surface area contributed by atoms with Crippen LogP contribution in [-0.4, -0.2) is 29.7 Å². The van der Waals surface area contributed by atoms with Crippen LogP contribution >= 0.6 is 11.3 Å². The summed E-state index contributed by atoms with van der Waals surface area (Å²) < 4.78 is 5.19. The normalized spacial score (nSPS) is 19.9. The molecule has 5 heteroatoms. The average Bonchev–Trinajstić information content (AvgIpc) is 2.77. The SMILES string of the molecule is COC[C@@H](C)Nc1ncnc2sc3c(c12)CC[C@@H](C)C3. The highest BCUT2D eigenvalue weighted by molar-refractivity contribution is 7.19. The maximum absolute atomic E-state index is 5.19. The number of ether oxygens (including phenoxy) is 1. The van der Waals surface area contributed by atoms with Crippen molar-refractivity contribution < 1.29 is 4.74 Å². The molecule has 0 radical (unpaired) electrons. The first-order valence-electron chi connectivity index (χ1n) is 7.19. The molecule has 20 heavy (non-hydrogen) atoms. The third-order valence-electron chi connectivity index (χ3n) is 3.89. The molecule has 3 rings (SSSR count). The van der Waals surface area contributed by atoms with E-state index in [-0.39, 0.29) is 6.04 Å². The van der Waals surface area contributed by atoms with Crippen molar-refractivity contribution in [2.75, 3.05) is 19.0 Å². The first-order chi connectivity index (χ1) is 9.69. The first kappa shape index (κ1) is 13.8. The molecule has 0 amide bonds. The summed E-state index contributed by atoms with van der Waals surface area (Å²) in [5.41, 5.74) is 1.47. The number of fused-ring (bicyclic) bond motifs is 3. The van der Waals surface area contributed by atoms with Crippen LogP contribution in [-0.2, 0) is 17.6 Å². The van der Waals surface area contributed by atoms with Gasteiger partial charge in [-0.2, -0.15) is 0 Å². The number of nitrogens with one attached hydrogen (secondary N) is 1. The van der Waals surface area contributed by atoms with Gasteiger partial charge < -0.3 is 10.1 Å². The highest BCUT2D eigenvalue weighted by Gasteiger charge is 2.23. The van der Waals surface area contributed by atoms with Crippen molar-refractivity contribution in [3.8, 4) is 0 Å². The Morgan fingerprint density at radius 3 is 3.15 bits per heavy atom.